The first-order chi connectivity index (χ1) is 14.4. The Kier molecular flexibility index (Phi) is 6.99. The molecule has 0 radical (unpaired) electrons. The van der Waals surface area contributed by atoms with Crippen molar-refractivity contribution in [1.29, 1.82) is 0 Å². The van der Waals surface area contributed by atoms with Gasteiger partial charge < -0.3 is 14.5 Å². The minimum Gasteiger partial charge on any atom is -0.455 e. The monoisotopic (exact) mass is 496 g/mol. The Morgan fingerprint density at radius 3 is 2.57 bits per heavy atom. The van der Waals surface area contributed by atoms with E-state index in [9.17, 15) is 14.0 Å². The summed E-state index contributed by atoms with van der Waals surface area (Å²) in [6.45, 7) is 2.24. The SMILES string of the molecule is CCN(C(=O)OCCCl)c1cc2oc(-c3ccc(F)cc3)c(C(=O)NC)c2cc1Br. The van der Waals surface area contributed by atoms with Crippen LogP contribution in [0.15, 0.2) is 45.3 Å². The van der Waals surface area contributed by atoms with Gasteiger partial charge in [0.2, 0.25) is 0 Å². The van der Waals surface area contributed by atoms with Crippen LogP contribution in [-0.4, -0.2) is 38.1 Å². The van der Waals surface area contributed by atoms with Gasteiger partial charge in [0.1, 0.15) is 23.8 Å². The summed E-state index contributed by atoms with van der Waals surface area (Å²) in [7, 11) is 1.52. The third-order valence-electron chi connectivity index (χ3n) is 4.45. The quantitative estimate of drug-likeness (QED) is 0.453. The van der Waals surface area contributed by atoms with Crippen molar-refractivity contribution in [3.8, 4) is 11.3 Å². The number of amides is 2. The molecule has 0 saturated carbocycles. The van der Waals surface area contributed by atoms with E-state index < -0.39 is 11.9 Å². The average molecular weight is 498 g/mol. The molecule has 0 aliphatic heterocycles. The van der Waals surface area contributed by atoms with Crippen molar-refractivity contribution in [2.45, 2.75) is 6.92 Å². The van der Waals surface area contributed by atoms with Crippen LogP contribution < -0.4 is 10.2 Å². The number of benzene rings is 2. The molecule has 2 aromatic carbocycles. The van der Waals surface area contributed by atoms with Gasteiger partial charge in [-0.05, 0) is 53.2 Å². The van der Waals surface area contributed by atoms with Gasteiger partial charge in [-0.1, -0.05) is 0 Å². The summed E-state index contributed by atoms with van der Waals surface area (Å²) in [4.78, 5) is 26.4. The molecule has 0 unspecified atom stereocenters. The van der Waals surface area contributed by atoms with Gasteiger partial charge in [0, 0.05) is 35.1 Å². The third kappa shape index (κ3) is 4.29. The first-order valence-electron chi connectivity index (χ1n) is 9.15. The van der Waals surface area contributed by atoms with Crippen LogP contribution in [-0.2, 0) is 4.74 Å². The van der Waals surface area contributed by atoms with Gasteiger partial charge in [-0.25, -0.2) is 9.18 Å². The number of nitrogens with zero attached hydrogens (tertiary/aromatic N) is 1. The fourth-order valence-corrected chi connectivity index (χ4v) is 3.70. The summed E-state index contributed by atoms with van der Waals surface area (Å²) < 4.78 is 25.1. The zero-order chi connectivity index (χ0) is 21.8. The Labute approximate surface area is 186 Å². The van der Waals surface area contributed by atoms with E-state index in [4.69, 9.17) is 20.8 Å². The highest BCUT2D eigenvalue weighted by Gasteiger charge is 2.25. The smallest absolute Gasteiger partial charge is 0.414 e. The number of halogens is 3. The maximum Gasteiger partial charge on any atom is 0.414 e. The predicted octanol–water partition coefficient (Wildman–Crippen LogP) is 5.56. The Morgan fingerprint density at radius 1 is 1.27 bits per heavy atom. The van der Waals surface area contributed by atoms with Gasteiger partial charge in [-0.15, -0.1) is 11.6 Å². The molecule has 0 aliphatic rings. The minimum atomic E-state index is -0.546. The number of carbonyl (C=O) groups is 2. The molecule has 158 valence electrons. The lowest BCUT2D eigenvalue weighted by Gasteiger charge is -2.21. The highest BCUT2D eigenvalue weighted by Crippen LogP contribution is 2.39. The third-order valence-corrected chi connectivity index (χ3v) is 5.24. The Hall–Kier alpha value is -2.58. The first-order valence-corrected chi connectivity index (χ1v) is 10.5. The minimum absolute atomic E-state index is 0.0903. The Balaban J connectivity index is 2.17. The number of fused-ring (bicyclic) bond motifs is 1. The van der Waals surface area contributed by atoms with E-state index in [-0.39, 0.29) is 18.4 Å². The molecule has 0 fully saturated rings. The maximum absolute atomic E-state index is 13.4. The predicted molar refractivity (Wildman–Crippen MR) is 118 cm³/mol. The molecular weight excluding hydrogens is 479 g/mol. The molecule has 0 saturated heterocycles. The molecule has 2 amide bonds. The van der Waals surface area contributed by atoms with E-state index >= 15 is 0 Å². The molecule has 1 heterocycles. The number of anilines is 1. The number of nitrogens with one attached hydrogen (secondary N) is 1. The molecule has 3 aromatic rings. The molecule has 0 bridgehead atoms. The summed E-state index contributed by atoms with van der Waals surface area (Å²) in [6, 6.07) is 9.04. The summed E-state index contributed by atoms with van der Waals surface area (Å²) in [6.07, 6.45) is -0.546. The van der Waals surface area contributed by atoms with Crippen molar-refractivity contribution < 1.29 is 23.1 Å². The molecule has 1 N–H and O–H groups in total. The van der Waals surface area contributed by atoms with Crippen molar-refractivity contribution in [1.82, 2.24) is 5.32 Å². The molecule has 0 atom stereocenters. The molecule has 30 heavy (non-hydrogen) atoms. The van der Waals surface area contributed by atoms with Crippen LogP contribution in [0, 0.1) is 5.82 Å². The van der Waals surface area contributed by atoms with Crippen LogP contribution in [0.4, 0.5) is 14.9 Å². The van der Waals surface area contributed by atoms with Crippen LogP contribution in [0.5, 0.6) is 0 Å². The topological polar surface area (TPSA) is 71.8 Å². The number of furan rings is 1. The molecule has 6 nitrogen and oxygen atoms in total. The van der Waals surface area contributed by atoms with Crippen LogP contribution in [0.3, 0.4) is 0 Å². The van der Waals surface area contributed by atoms with E-state index in [0.717, 1.165) is 0 Å². The van der Waals surface area contributed by atoms with E-state index in [1.54, 1.807) is 19.1 Å². The Bertz CT molecular complexity index is 1080. The number of hydrogen-bond donors (Lipinski definition) is 1. The lowest BCUT2D eigenvalue weighted by Crippen LogP contribution is -2.32. The van der Waals surface area contributed by atoms with Gasteiger partial charge in [0.25, 0.3) is 5.91 Å². The number of hydrogen-bond acceptors (Lipinski definition) is 4. The van der Waals surface area contributed by atoms with Gasteiger partial charge in [0.05, 0.1) is 17.1 Å². The van der Waals surface area contributed by atoms with Gasteiger partial charge in [-0.3, -0.25) is 9.69 Å². The second-order valence-electron chi connectivity index (χ2n) is 6.24. The highest BCUT2D eigenvalue weighted by molar-refractivity contribution is 9.10. The van der Waals surface area contributed by atoms with Crippen LogP contribution in [0.25, 0.3) is 22.3 Å². The first kappa shape index (κ1) is 22.1. The van der Waals surface area contributed by atoms with Crippen molar-refractivity contribution in [2.24, 2.45) is 0 Å². The van der Waals surface area contributed by atoms with E-state index in [2.05, 4.69) is 21.2 Å². The fourth-order valence-electron chi connectivity index (χ4n) is 3.07. The van der Waals surface area contributed by atoms with Crippen molar-refractivity contribution in [3.05, 3.63) is 52.3 Å². The summed E-state index contributed by atoms with van der Waals surface area (Å²) in [5, 5.41) is 3.16. The molecule has 0 spiro atoms. The highest BCUT2D eigenvalue weighted by atomic mass is 79.9. The van der Waals surface area contributed by atoms with Gasteiger partial charge in [-0.2, -0.15) is 0 Å². The van der Waals surface area contributed by atoms with Crippen molar-refractivity contribution in [3.63, 3.8) is 0 Å². The second kappa shape index (κ2) is 9.49. The van der Waals surface area contributed by atoms with Crippen molar-refractivity contribution in [2.75, 3.05) is 31.0 Å². The lowest BCUT2D eigenvalue weighted by atomic mass is 10.0. The number of carbonyl (C=O) groups excluding carboxylic acids is 2. The fraction of sp³-hybridized carbons (Fsp3) is 0.238. The van der Waals surface area contributed by atoms with Crippen LogP contribution in [0.1, 0.15) is 17.3 Å². The molecular formula is C21H19BrClFN2O4. The summed E-state index contributed by atoms with van der Waals surface area (Å²) >= 11 is 9.08. The molecule has 1 aromatic heterocycles. The second-order valence-corrected chi connectivity index (χ2v) is 7.47. The standard InChI is InChI=1S/C21H19BrClFN2O4/c1-3-26(21(28)29-9-8-23)16-11-17-14(10-15(16)22)18(20(27)25-2)19(30-17)12-4-6-13(24)7-5-12/h4-7,10-11H,3,8-9H2,1-2H3,(H,25,27). The largest absolute Gasteiger partial charge is 0.455 e. The average Bonchev–Trinajstić information content (AvgIpc) is 3.11. The zero-order valence-electron chi connectivity index (χ0n) is 16.3. The number of rotatable bonds is 6. The number of alkyl halides is 1. The zero-order valence-corrected chi connectivity index (χ0v) is 18.6. The molecule has 9 heteroatoms. The molecule has 0 aliphatic carbocycles. The van der Waals surface area contributed by atoms with E-state index in [1.165, 1.54) is 36.2 Å². The van der Waals surface area contributed by atoms with E-state index in [0.29, 0.717) is 44.6 Å². The van der Waals surface area contributed by atoms with Gasteiger partial charge >= 0.3 is 6.09 Å². The van der Waals surface area contributed by atoms with Crippen LogP contribution >= 0.6 is 27.5 Å². The summed E-state index contributed by atoms with van der Waals surface area (Å²) in [5.74, 6) is -0.240. The normalized spacial score (nSPS) is 10.8. The lowest BCUT2D eigenvalue weighted by molar-refractivity contribution is 0.0964. The molecule has 3 rings (SSSR count). The maximum atomic E-state index is 13.4. The summed E-state index contributed by atoms with van der Waals surface area (Å²) in [5.41, 5.74) is 1.79. The van der Waals surface area contributed by atoms with Crippen molar-refractivity contribution >= 4 is 56.2 Å². The van der Waals surface area contributed by atoms with E-state index in [1.807, 2.05) is 0 Å². The van der Waals surface area contributed by atoms with Crippen LogP contribution in [0.2, 0.25) is 0 Å². The van der Waals surface area contributed by atoms with Gasteiger partial charge in [0.15, 0.2) is 0 Å². The number of ether oxygens (including phenoxy) is 1. The Morgan fingerprint density at radius 2 is 1.97 bits per heavy atom.